The Morgan fingerprint density at radius 1 is 1.36 bits per heavy atom. The summed E-state index contributed by atoms with van der Waals surface area (Å²) in [4.78, 5) is 16.6. The van der Waals surface area contributed by atoms with Gasteiger partial charge in [-0.25, -0.2) is 0 Å². The molecular weight excluding hydrogens is 344 g/mol. The first-order chi connectivity index (χ1) is 10.3. The Morgan fingerprint density at radius 3 is 2.73 bits per heavy atom. The Balaban J connectivity index is 2.18. The van der Waals surface area contributed by atoms with Gasteiger partial charge in [-0.1, -0.05) is 6.92 Å². The van der Waals surface area contributed by atoms with Crippen molar-refractivity contribution in [1.82, 2.24) is 10.3 Å². The van der Waals surface area contributed by atoms with Crippen molar-refractivity contribution >= 4 is 32.7 Å². The topological polar surface area (TPSA) is 51.2 Å². The average molecular weight is 365 g/mol. The highest BCUT2D eigenvalue weighted by Gasteiger charge is 2.23. The molecule has 1 unspecified atom stereocenters. The van der Waals surface area contributed by atoms with E-state index in [0.717, 1.165) is 15.4 Å². The van der Waals surface area contributed by atoms with E-state index in [-0.39, 0.29) is 11.4 Å². The molecule has 0 fully saturated rings. The number of nitrogens with one attached hydrogen (secondary N) is 1. The minimum absolute atomic E-state index is 0.0949. The molecule has 1 atom stereocenters. The third-order valence-electron chi connectivity index (χ3n) is 3.06. The minimum atomic E-state index is -0.503. The fourth-order valence-electron chi connectivity index (χ4n) is 2.09. The molecule has 0 spiro atoms. The second-order valence-electron chi connectivity index (χ2n) is 6.26. The van der Waals surface area contributed by atoms with Crippen LogP contribution in [0.4, 0.5) is 0 Å². The maximum Gasteiger partial charge on any atom is 0.261 e. The lowest BCUT2D eigenvalue weighted by atomic mass is 10.1. The Labute approximate surface area is 139 Å². The van der Waals surface area contributed by atoms with Crippen molar-refractivity contribution in [2.75, 3.05) is 0 Å². The molecular formula is C17H21BrN2O2. The first-order valence-corrected chi connectivity index (χ1v) is 8.12. The van der Waals surface area contributed by atoms with E-state index in [4.69, 9.17) is 4.74 Å². The fourth-order valence-corrected chi connectivity index (χ4v) is 2.44. The number of aromatic nitrogens is 1. The predicted octanol–water partition coefficient (Wildman–Crippen LogP) is 4.07. The molecule has 0 aliphatic carbocycles. The summed E-state index contributed by atoms with van der Waals surface area (Å²) in [6.45, 7) is 7.80. The molecule has 1 heterocycles. The summed E-state index contributed by atoms with van der Waals surface area (Å²) in [5, 5.41) is 3.92. The van der Waals surface area contributed by atoms with Gasteiger partial charge in [0, 0.05) is 21.6 Å². The number of pyridine rings is 1. The van der Waals surface area contributed by atoms with Gasteiger partial charge < -0.3 is 10.1 Å². The predicted molar refractivity (Wildman–Crippen MR) is 92.0 cm³/mol. The molecule has 1 aromatic carbocycles. The van der Waals surface area contributed by atoms with Crippen molar-refractivity contribution in [3.8, 4) is 5.75 Å². The van der Waals surface area contributed by atoms with E-state index < -0.39 is 6.10 Å². The van der Waals surface area contributed by atoms with Gasteiger partial charge in [-0.3, -0.25) is 9.78 Å². The van der Waals surface area contributed by atoms with Gasteiger partial charge in [0.1, 0.15) is 5.75 Å². The summed E-state index contributed by atoms with van der Waals surface area (Å²) in [5.41, 5.74) is 0.620. The molecule has 22 heavy (non-hydrogen) atoms. The number of fused-ring (bicyclic) bond motifs is 1. The minimum Gasteiger partial charge on any atom is -0.481 e. The van der Waals surface area contributed by atoms with Crippen molar-refractivity contribution in [3.63, 3.8) is 0 Å². The van der Waals surface area contributed by atoms with Gasteiger partial charge in [0.15, 0.2) is 6.10 Å². The van der Waals surface area contributed by atoms with Crippen LogP contribution in [-0.2, 0) is 4.79 Å². The molecule has 1 amide bonds. The molecule has 1 N–H and O–H groups in total. The Hall–Kier alpha value is -1.62. The number of nitrogens with zero attached hydrogens (tertiary/aromatic N) is 1. The number of hydrogen-bond donors (Lipinski definition) is 1. The van der Waals surface area contributed by atoms with Gasteiger partial charge in [0.2, 0.25) is 0 Å². The number of ether oxygens (including phenoxy) is 1. The highest BCUT2D eigenvalue weighted by Crippen LogP contribution is 2.23. The molecule has 0 bridgehead atoms. The molecule has 0 saturated carbocycles. The number of rotatable bonds is 4. The van der Waals surface area contributed by atoms with Crippen LogP contribution in [0.1, 0.15) is 34.1 Å². The van der Waals surface area contributed by atoms with Gasteiger partial charge in [-0.2, -0.15) is 0 Å². The zero-order valence-corrected chi connectivity index (χ0v) is 14.9. The lowest BCUT2D eigenvalue weighted by Gasteiger charge is -2.25. The number of amides is 1. The first-order valence-electron chi connectivity index (χ1n) is 7.32. The maximum atomic E-state index is 12.3. The van der Waals surface area contributed by atoms with Gasteiger partial charge in [-0.05, 0) is 67.4 Å². The monoisotopic (exact) mass is 364 g/mol. The molecule has 5 heteroatoms. The van der Waals surface area contributed by atoms with Crippen molar-refractivity contribution in [2.24, 2.45) is 0 Å². The van der Waals surface area contributed by atoms with Gasteiger partial charge in [0.05, 0.1) is 5.52 Å². The number of benzene rings is 1. The average Bonchev–Trinajstić information content (AvgIpc) is 2.42. The van der Waals surface area contributed by atoms with Crippen LogP contribution in [0.2, 0.25) is 0 Å². The number of carbonyl (C=O) groups is 1. The smallest absolute Gasteiger partial charge is 0.261 e. The fraction of sp³-hybridized carbons (Fsp3) is 0.412. The molecule has 2 aromatic rings. The summed E-state index contributed by atoms with van der Waals surface area (Å²) in [6, 6.07) is 7.62. The summed E-state index contributed by atoms with van der Waals surface area (Å²) in [6.07, 6.45) is 1.86. The van der Waals surface area contributed by atoms with E-state index in [2.05, 4.69) is 26.2 Å². The summed E-state index contributed by atoms with van der Waals surface area (Å²) in [7, 11) is 0. The molecule has 118 valence electrons. The molecule has 0 aliphatic heterocycles. The lowest BCUT2D eigenvalue weighted by molar-refractivity contribution is -0.129. The van der Waals surface area contributed by atoms with Crippen molar-refractivity contribution in [2.45, 2.75) is 45.8 Å². The van der Waals surface area contributed by atoms with E-state index in [0.29, 0.717) is 12.2 Å². The van der Waals surface area contributed by atoms with E-state index >= 15 is 0 Å². The van der Waals surface area contributed by atoms with Crippen LogP contribution in [0, 0.1) is 0 Å². The zero-order valence-electron chi connectivity index (χ0n) is 13.3. The maximum absolute atomic E-state index is 12.3. The second kappa shape index (κ2) is 6.65. The van der Waals surface area contributed by atoms with E-state index in [1.807, 2.05) is 52.0 Å². The van der Waals surface area contributed by atoms with Crippen molar-refractivity contribution in [1.29, 1.82) is 0 Å². The molecule has 0 saturated heterocycles. The lowest BCUT2D eigenvalue weighted by Crippen LogP contribution is -2.47. The molecule has 2 rings (SSSR count). The highest BCUT2D eigenvalue weighted by atomic mass is 79.9. The molecule has 4 nitrogen and oxygen atoms in total. The Morgan fingerprint density at radius 2 is 2.09 bits per heavy atom. The summed E-state index contributed by atoms with van der Waals surface area (Å²) >= 11 is 3.41. The van der Waals surface area contributed by atoms with E-state index in [1.165, 1.54) is 0 Å². The quantitative estimate of drug-likeness (QED) is 0.889. The van der Waals surface area contributed by atoms with Crippen molar-refractivity contribution < 1.29 is 9.53 Å². The normalized spacial score (nSPS) is 13.0. The van der Waals surface area contributed by atoms with Crippen LogP contribution in [0.15, 0.2) is 34.9 Å². The number of hydrogen-bond acceptors (Lipinski definition) is 3. The van der Waals surface area contributed by atoms with Crippen LogP contribution >= 0.6 is 15.9 Å². The number of carbonyl (C=O) groups excluding carboxylic acids is 1. The SMILES string of the molecule is CCC(Oc1ccc2ncc(Br)cc2c1)C(=O)NC(C)(C)C. The van der Waals surface area contributed by atoms with Gasteiger partial charge in [0.25, 0.3) is 5.91 Å². The van der Waals surface area contributed by atoms with Crippen LogP contribution < -0.4 is 10.1 Å². The molecule has 1 aromatic heterocycles. The molecule has 0 aliphatic rings. The number of halogens is 1. The third kappa shape index (κ3) is 4.44. The summed E-state index contributed by atoms with van der Waals surface area (Å²) < 4.78 is 6.78. The van der Waals surface area contributed by atoms with Crippen molar-refractivity contribution in [3.05, 3.63) is 34.9 Å². The van der Waals surface area contributed by atoms with Gasteiger partial charge in [-0.15, -0.1) is 0 Å². The summed E-state index contributed by atoms with van der Waals surface area (Å²) in [5.74, 6) is 0.575. The Bertz CT molecular complexity index is 680. The van der Waals surface area contributed by atoms with Crippen LogP contribution in [0.5, 0.6) is 5.75 Å². The van der Waals surface area contributed by atoms with E-state index in [1.54, 1.807) is 6.20 Å². The van der Waals surface area contributed by atoms with Crippen LogP contribution in [0.25, 0.3) is 10.9 Å². The van der Waals surface area contributed by atoms with Gasteiger partial charge >= 0.3 is 0 Å². The van der Waals surface area contributed by atoms with Crippen LogP contribution in [-0.4, -0.2) is 22.5 Å². The van der Waals surface area contributed by atoms with E-state index in [9.17, 15) is 4.79 Å². The zero-order chi connectivity index (χ0) is 16.3. The largest absolute Gasteiger partial charge is 0.481 e. The first kappa shape index (κ1) is 16.7. The highest BCUT2D eigenvalue weighted by molar-refractivity contribution is 9.10. The second-order valence-corrected chi connectivity index (χ2v) is 7.18. The standard InChI is InChI=1S/C17H21BrN2O2/c1-5-15(16(21)20-17(2,3)4)22-13-6-7-14-11(9-13)8-12(18)10-19-14/h6-10,15H,5H2,1-4H3,(H,20,21). The Kier molecular flexibility index (Phi) is 5.06. The molecule has 0 radical (unpaired) electrons. The van der Waals surface area contributed by atoms with Crippen LogP contribution in [0.3, 0.4) is 0 Å². The third-order valence-corrected chi connectivity index (χ3v) is 3.49.